The van der Waals surface area contributed by atoms with E-state index in [-0.39, 0.29) is 11.6 Å². The summed E-state index contributed by atoms with van der Waals surface area (Å²) in [6, 6.07) is 7.19. The van der Waals surface area contributed by atoms with Gasteiger partial charge in [0, 0.05) is 24.2 Å². The Labute approximate surface area is 134 Å². The van der Waals surface area contributed by atoms with Gasteiger partial charge < -0.3 is 14.7 Å². The number of carbonyl (C=O) groups excluding carboxylic acids is 1. The maximum atomic E-state index is 12.3. The van der Waals surface area contributed by atoms with Gasteiger partial charge in [0.1, 0.15) is 5.76 Å². The van der Waals surface area contributed by atoms with Crippen molar-refractivity contribution in [2.45, 2.75) is 26.2 Å². The average Bonchev–Trinajstić information content (AvgIpc) is 2.95. The fourth-order valence-corrected chi connectivity index (χ4v) is 2.85. The first-order valence-corrected chi connectivity index (χ1v) is 7.80. The van der Waals surface area contributed by atoms with Crippen molar-refractivity contribution in [1.82, 2.24) is 5.16 Å². The van der Waals surface area contributed by atoms with Gasteiger partial charge in [-0.15, -0.1) is 0 Å². The molecule has 1 aliphatic rings. The molecule has 0 saturated carbocycles. The van der Waals surface area contributed by atoms with E-state index in [1.807, 2.05) is 12.1 Å². The molecular weight excluding hydrogens is 302 g/mol. The minimum absolute atomic E-state index is 0.266. The predicted molar refractivity (Wildman–Crippen MR) is 86.7 cm³/mol. The number of aromatic nitrogens is 1. The van der Waals surface area contributed by atoms with Gasteiger partial charge in [-0.25, -0.2) is 0 Å². The first kappa shape index (κ1) is 14.9. The van der Waals surface area contributed by atoms with E-state index < -0.39 is 0 Å². The Morgan fingerprint density at radius 3 is 2.73 bits per heavy atom. The zero-order valence-electron chi connectivity index (χ0n) is 12.4. The second kappa shape index (κ2) is 6.40. The predicted octanol–water partition coefficient (Wildman–Crippen LogP) is 3.88. The van der Waals surface area contributed by atoms with Gasteiger partial charge in [-0.1, -0.05) is 16.8 Å². The summed E-state index contributed by atoms with van der Waals surface area (Å²) in [5.41, 5.74) is 1.97. The van der Waals surface area contributed by atoms with Gasteiger partial charge in [-0.3, -0.25) is 4.79 Å². The van der Waals surface area contributed by atoms with Crippen LogP contribution >= 0.6 is 11.6 Å². The number of nitrogens with zero attached hydrogens (tertiary/aromatic N) is 2. The SMILES string of the molecule is Cc1cc(C(=O)Nc2cc(Cl)ccc2N2CCCCC2)no1. The summed E-state index contributed by atoms with van der Waals surface area (Å²) in [6.45, 7) is 3.74. The molecule has 0 aliphatic carbocycles. The van der Waals surface area contributed by atoms with E-state index in [1.54, 1.807) is 19.1 Å². The van der Waals surface area contributed by atoms with Crippen molar-refractivity contribution in [3.8, 4) is 0 Å². The molecule has 1 N–H and O–H groups in total. The molecule has 2 heterocycles. The van der Waals surface area contributed by atoms with E-state index >= 15 is 0 Å². The number of benzene rings is 1. The number of piperidine rings is 1. The molecule has 3 rings (SSSR count). The average molecular weight is 320 g/mol. The highest BCUT2D eigenvalue weighted by atomic mass is 35.5. The van der Waals surface area contributed by atoms with Crippen molar-refractivity contribution < 1.29 is 9.32 Å². The van der Waals surface area contributed by atoms with Crippen LogP contribution in [0.15, 0.2) is 28.8 Å². The second-order valence-electron chi connectivity index (χ2n) is 5.49. The van der Waals surface area contributed by atoms with Gasteiger partial charge in [0.15, 0.2) is 5.69 Å². The van der Waals surface area contributed by atoms with Crippen molar-refractivity contribution in [3.63, 3.8) is 0 Å². The van der Waals surface area contributed by atoms with E-state index in [4.69, 9.17) is 16.1 Å². The fraction of sp³-hybridized carbons (Fsp3) is 0.375. The quantitative estimate of drug-likeness (QED) is 0.932. The van der Waals surface area contributed by atoms with Gasteiger partial charge in [0.05, 0.1) is 11.4 Å². The number of rotatable bonds is 3. The first-order valence-electron chi connectivity index (χ1n) is 7.42. The third-order valence-electron chi connectivity index (χ3n) is 3.76. The summed E-state index contributed by atoms with van der Waals surface area (Å²) in [7, 11) is 0. The van der Waals surface area contributed by atoms with Crippen LogP contribution in [0.25, 0.3) is 0 Å². The molecule has 22 heavy (non-hydrogen) atoms. The number of hydrogen-bond acceptors (Lipinski definition) is 4. The summed E-state index contributed by atoms with van der Waals surface area (Å²) in [4.78, 5) is 14.6. The van der Waals surface area contributed by atoms with Crippen LogP contribution in [0.3, 0.4) is 0 Å². The lowest BCUT2D eigenvalue weighted by Crippen LogP contribution is -2.30. The van der Waals surface area contributed by atoms with Crippen LogP contribution in [0.2, 0.25) is 5.02 Å². The molecule has 1 saturated heterocycles. The number of nitrogens with one attached hydrogen (secondary N) is 1. The van der Waals surface area contributed by atoms with Crippen LogP contribution in [0.5, 0.6) is 0 Å². The van der Waals surface area contributed by atoms with Gasteiger partial charge in [0.25, 0.3) is 5.91 Å². The minimum Gasteiger partial charge on any atom is -0.370 e. The third-order valence-corrected chi connectivity index (χ3v) is 4.00. The highest BCUT2D eigenvalue weighted by Crippen LogP contribution is 2.31. The molecule has 6 heteroatoms. The maximum Gasteiger partial charge on any atom is 0.277 e. The van der Waals surface area contributed by atoms with E-state index in [1.165, 1.54) is 19.3 Å². The van der Waals surface area contributed by atoms with E-state index in [0.29, 0.717) is 16.5 Å². The Balaban J connectivity index is 1.85. The van der Waals surface area contributed by atoms with Gasteiger partial charge in [0.2, 0.25) is 0 Å². The number of anilines is 2. The first-order chi connectivity index (χ1) is 10.6. The second-order valence-corrected chi connectivity index (χ2v) is 5.92. The highest BCUT2D eigenvalue weighted by molar-refractivity contribution is 6.31. The molecular formula is C16H18ClN3O2. The Hall–Kier alpha value is -2.01. The standard InChI is InChI=1S/C16H18ClN3O2/c1-11-9-14(19-22-11)16(21)18-13-10-12(17)5-6-15(13)20-7-3-2-4-8-20/h5-6,9-10H,2-4,7-8H2,1H3,(H,18,21). The number of aryl methyl sites for hydroxylation is 1. The zero-order valence-corrected chi connectivity index (χ0v) is 13.2. The topological polar surface area (TPSA) is 58.4 Å². The van der Waals surface area contributed by atoms with Gasteiger partial charge >= 0.3 is 0 Å². The lowest BCUT2D eigenvalue weighted by atomic mass is 10.1. The van der Waals surface area contributed by atoms with Crippen molar-refractivity contribution in [2.24, 2.45) is 0 Å². The largest absolute Gasteiger partial charge is 0.370 e. The number of hydrogen-bond donors (Lipinski definition) is 1. The normalized spacial score (nSPS) is 14.9. The third kappa shape index (κ3) is 3.25. The Morgan fingerprint density at radius 2 is 2.05 bits per heavy atom. The summed E-state index contributed by atoms with van der Waals surface area (Å²) < 4.78 is 4.95. The molecule has 1 aliphatic heterocycles. The van der Waals surface area contributed by atoms with Crippen molar-refractivity contribution in [1.29, 1.82) is 0 Å². The van der Waals surface area contributed by atoms with Crippen LogP contribution in [-0.2, 0) is 0 Å². The maximum absolute atomic E-state index is 12.3. The van der Waals surface area contributed by atoms with Crippen molar-refractivity contribution in [2.75, 3.05) is 23.3 Å². The van der Waals surface area contributed by atoms with Crippen LogP contribution in [0.1, 0.15) is 35.5 Å². The van der Waals surface area contributed by atoms with E-state index in [0.717, 1.165) is 18.8 Å². The van der Waals surface area contributed by atoms with Crippen LogP contribution in [0.4, 0.5) is 11.4 Å². The monoisotopic (exact) mass is 319 g/mol. The summed E-state index contributed by atoms with van der Waals surface area (Å²) in [5, 5.41) is 7.22. The lowest BCUT2D eigenvalue weighted by Gasteiger charge is -2.30. The smallest absolute Gasteiger partial charge is 0.277 e. The molecule has 1 aromatic heterocycles. The number of carbonyl (C=O) groups is 1. The Morgan fingerprint density at radius 1 is 1.27 bits per heavy atom. The molecule has 0 spiro atoms. The van der Waals surface area contributed by atoms with Gasteiger partial charge in [-0.2, -0.15) is 0 Å². The molecule has 0 bridgehead atoms. The molecule has 1 aromatic carbocycles. The molecule has 0 radical (unpaired) electrons. The molecule has 5 nitrogen and oxygen atoms in total. The summed E-state index contributed by atoms with van der Waals surface area (Å²) >= 11 is 6.09. The van der Waals surface area contributed by atoms with Crippen molar-refractivity contribution in [3.05, 3.63) is 40.7 Å². The van der Waals surface area contributed by atoms with Gasteiger partial charge in [-0.05, 0) is 44.4 Å². The molecule has 0 atom stereocenters. The summed E-state index contributed by atoms with van der Waals surface area (Å²) in [5.74, 6) is 0.310. The number of amides is 1. The minimum atomic E-state index is -0.294. The van der Waals surface area contributed by atoms with E-state index in [2.05, 4.69) is 15.4 Å². The number of halogens is 1. The lowest BCUT2D eigenvalue weighted by molar-refractivity contribution is 0.101. The van der Waals surface area contributed by atoms with Crippen LogP contribution in [0, 0.1) is 6.92 Å². The van der Waals surface area contributed by atoms with E-state index in [9.17, 15) is 4.79 Å². The molecule has 1 fully saturated rings. The molecule has 116 valence electrons. The molecule has 1 amide bonds. The fourth-order valence-electron chi connectivity index (χ4n) is 2.68. The Kier molecular flexibility index (Phi) is 4.34. The molecule has 2 aromatic rings. The molecule has 0 unspecified atom stereocenters. The zero-order chi connectivity index (χ0) is 15.5. The van der Waals surface area contributed by atoms with Crippen molar-refractivity contribution >= 4 is 28.9 Å². The van der Waals surface area contributed by atoms with Crippen LogP contribution in [-0.4, -0.2) is 24.2 Å². The van der Waals surface area contributed by atoms with Crippen LogP contribution < -0.4 is 10.2 Å². The highest BCUT2D eigenvalue weighted by Gasteiger charge is 2.18. The summed E-state index contributed by atoms with van der Waals surface area (Å²) in [6.07, 6.45) is 3.58. The Bertz CT molecular complexity index is 678.